The van der Waals surface area contributed by atoms with Crippen LogP contribution in [0.25, 0.3) is 0 Å². The van der Waals surface area contributed by atoms with Crippen LogP contribution in [0.2, 0.25) is 0 Å². The molecule has 6 nitrogen and oxygen atoms in total. The van der Waals surface area contributed by atoms with Crippen molar-refractivity contribution in [3.63, 3.8) is 0 Å². The van der Waals surface area contributed by atoms with E-state index in [0.717, 1.165) is 5.56 Å². The number of aryl methyl sites for hydroxylation is 1. The summed E-state index contributed by atoms with van der Waals surface area (Å²) in [6.45, 7) is 3.61. The number of aromatic nitrogens is 1. The fraction of sp³-hybridized carbons (Fsp3) is 0.188. The topological polar surface area (TPSA) is 91.0 Å². The molecule has 0 saturated heterocycles. The molecule has 1 aromatic heterocycles. The number of nitrogens with zero attached hydrogens (tertiary/aromatic N) is 2. The lowest BCUT2D eigenvalue weighted by molar-refractivity contribution is -0.117. The van der Waals surface area contributed by atoms with E-state index in [1.54, 1.807) is 13.0 Å². The number of nitrogens with one attached hydrogen (secondary N) is 2. The molecule has 22 heavy (non-hydrogen) atoms. The summed E-state index contributed by atoms with van der Waals surface area (Å²) in [5.41, 5.74) is 0.927. The first-order valence-electron chi connectivity index (χ1n) is 6.76. The van der Waals surface area contributed by atoms with Gasteiger partial charge in [0.2, 0.25) is 0 Å². The highest BCUT2D eigenvalue weighted by Gasteiger charge is 2.13. The van der Waals surface area contributed by atoms with Crippen molar-refractivity contribution in [3.05, 3.63) is 59.5 Å². The highest BCUT2D eigenvalue weighted by Crippen LogP contribution is 2.12. The van der Waals surface area contributed by atoms with E-state index >= 15 is 0 Å². The van der Waals surface area contributed by atoms with Crippen molar-refractivity contribution < 1.29 is 9.32 Å². The summed E-state index contributed by atoms with van der Waals surface area (Å²) >= 11 is 0. The standard InChI is InChI=1S/C16H16N4O2/c1-11-8-15(20-22-11)18-10-14(9-17)16(21)19-12(2)13-6-4-3-5-7-13/h3-8,10,12H,1-2H3,(H,18,20)(H,19,21)/b14-10-. The smallest absolute Gasteiger partial charge is 0.263 e. The zero-order valence-electron chi connectivity index (χ0n) is 12.3. The molecule has 0 fully saturated rings. The maximum atomic E-state index is 12.1. The van der Waals surface area contributed by atoms with Gasteiger partial charge in [-0.2, -0.15) is 5.26 Å². The first-order valence-corrected chi connectivity index (χ1v) is 6.76. The summed E-state index contributed by atoms with van der Waals surface area (Å²) in [4.78, 5) is 12.1. The maximum Gasteiger partial charge on any atom is 0.263 e. The number of amides is 1. The molecule has 0 aliphatic rings. The lowest BCUT2D eigenvalue weighted by Crippen LogP contribution is -2.28. The minimum Gasteiger partial charge on any atom is -0.360 e. The average Bonchev–Trinajstić information content (AvgIpc) is 2.94. The Morgan fingerprint density at radius 2 is 2.14 bits per heavy atom. The quantitative estimate of drug-likeness (QED) is 0.654. The van der Waals surface area contributed by atoms with Gasteiger partial charge in [-0.15, -0.1) is 0 Å². The Labute approximate surface area is 128 Å². The molecule has 1 atom stereocenters. The average molecular weight is 296 g/mol. The molecule has 2 aromatic rings. The second kappa shape index (κ2) is 7.09. The third-order valence-electron chi connectivity index (χ3n) is 3.00. The normalized spacial score (nSPS) is 12.3. The first kappa shape index (κ1) is 15.3. The largest absolute Gasteiger partial charge is 0.360 e. The lowest BCUT2D eigenvalue weighted by Gasteiger charge is -2.13. The van der Waals surface area contributed by atoms with Crippen molar-refractivity contribution in [2.75, 3.05) is 5.32 Å². The Bertz CT molecular complexity index is 713. The minimum absolute atomic E-state index is 0.0385. The number of rotatable bonds is 5. The molecular weight excluding hydrogens is 280 g/mol. The van der Waals surface area contributed by atoms with Crippen LogP contribution in [-0.2, 0) is 4.79 Å². The van der Waals surface area contributed by atoms with Crippen LogP contribution in [0.3, 0.4) is 0 Å². The van der Waals surface area contributed by atoms with E-state index in [1.807, 2.05) is 43.3 Å². The number of carbonyl (C=O) groups excluding carboxylic acids is 1. The summed E-state index contributed by atoms with van der Waals surface area (Å²) in [7, 11) is 0. The molecule has 112 valence electrons. The van der Waals surface area contributed by atoms with Crippen LogP contribution in [-0.4, -0.2) is 11.1 Å². The van der Waals surface area contributed by atoms with Crippen LogP contribution in [0.4, 0.5) is 5.82 Å². The van der Waals surface area contributed by atoms with Gasteiger partial charge in [0.15, 0.2) is 5.82 Å². The number of hydrogen-bond acceptors (Lipinski definition) is 5. The van der Waals surface area contributed by atoms with Gasteiger partial charge in [0.25, 0.3) is 5.91 Å². The van der Waals surface area contributed by atoms with Crippen LogP contribution in [0, 0.1) is 18.3 Å². The number of anilines is 1. The van der Waals surface area contributed by atoms with Gasteiger partial charge >= 0.3 is 0 Å². The number of nitriles is 1. The van der Waals surface area contributed by atoms with E-state index in [9.17, 15) is 4.79 Å². The van der Waals surface area contributed by atoms with Crippen molar-refractivity contribution >= 4 is 11.7 Å². The van der Waals surface area contributed by atoms with E-state index < -0.39 is 5.91 Å². The molecule has 2 rings (SSSR count). The summed E-state index contributed by atoms with van der Waals surface area (Å²) in [5, 5.41) is 18.4. The molecule has 1 unspecified atom stereocenters. The second-order valence-corrected chi connectivity index (χ2v) is 4.74. The summed E-state index contributed by atoms with van der Waals surface area (Å²) in [6, 6.07) is 12.9. The first-order chi connectivity index (χ1) is 10.6. The van der Waals surface area contributed by atoms with Crippen LogP contribution in [0.15, 0.2) is 52.7 Å². The lowest BCUT2D eigenvalue weighted by atomic mass is 10.1. The van der Waals surface area contributed by atoms with E-state index in [1.165, 1.54) is 6.20 Å². The molecule has 1 aromatic carbocycles. The predicted octanol–water partition coefficient (Wildman–Crippen LogP) is 2.68. The van der Waals surface area contributed by atoms with E-state index in [-0.39, 0.29) is 11.6 Å². The van der Waals surface area contributed by atoms with Crippen LogP contribution in [0.1, 0.15) is 24.3 Å². The van der Waals surface area contributed by atoms with Crippen molar-refractivity contribution in [1.29, 1.82) is 5.26 Å². The highest BCUT2D eigenvalue weighted by atomic mass is 16.5. The van der Waals surface area contributed by atoms with Crippen molar-refractivity contribution in [2.24, 2.45) is 0 Å². The van der Waals surface area contributed by atoms with E-state index in [2.05, 4.69) is 15.8 Å². The van der Waals surface area contributed by atoms with Crippen LogP contribution in [0.5, 0.6) is 0 Å². The Morgan fingerprint density at radius 1 is 1.41 bits per heavy atom. The van der Waals surface area contributed by atoms with Crippen LogP contribution < -0.4 is 10.6 Å². The van der Waals surface area contributed by atoms with E-state index in [4.69, 9.17) is 9.78 Å². The molecule has 6 heteroatoms. The van der Waals surface area contributed by atoms with Gasteiger partial charge in [-0.1, -0.05) is 35.5 Å². The van der Waals surface area contributed by atoms with Gasteiger partial charge in [0.1, 0.15) is 17.4 Å². The van der Waals surface area contributed by atoms with Crippen LogP contribution >= 0.6 is 0 Å². The number of hydrogen-bond donors (Lipinski definition) is 2. The predicted molar refractivity (Wildman–Crippen MR) is 81.6 cm³/mol. The summed E-state index contributed by atoms with van der Waals surface area (Å²) in [5.74, 6) is 0.622. The molecule has 1 heterocycles. The molecule has 0 spiro atoms. The molecule has 0 saturated carbocycles. The minimum atomic E-state index is -0.452. The van der Waals surface area contributed by atoms with Gasteiger partial charge in [-0.25, -0.2) is 0 Å². The third kappa shape index (κ3) is 3.96. The molecule has 2 N–H and O–H groups in total. The highest BCUT2D eigenvalue weighted by molar-refractivity contribution is 5.97. The summed E-state index contributed by atoms with van der Waals surface area (Å²) < 4.78 is 4.89. The fourth-order valence-corrected chi connectivity index (χ4v) is 1.83. The Hall–Kier alpha value is -3.07. The van der Waals surface area contributed by atoms with Gasteiger partial charge in [0.05, 0.1) is 6.04 Å². The monoisotopic (exact) mass is 296 g/mol. The third-order valence-corrected chi connectivity index (χ3v) is 3.00. The zero-order valence-corrected chi connectivity index (χ0v) is 12.3. The van der Waals surface area contributed by atoms with Gasteiger partial charge in [0, 0.05) is 12.3 Å². The maximum absolute atomic E-state index is 12.1. The van der Waals surface area contributed by atoms with Gasteiger partial charge < -0.3 is 15.2 Å². The van der Waals surface area contributed by atoms with Crippen molar-refractivity contribution in [2.45, 2.75) is 19.9 Å². The molecule has 1 amide bonds. The van der Waals surface area contributed by atoms with Crippen molar-refractivity contribution in [3.8, 4) is 6.07 Å². The number of benzene rings is 1. The second-order valence-electron chi connectivity index (χ2n) is 4.74. The van der Waals surface area contributed by atoms with E-state index in [0.29, 0.717) is 11.6 Å². The van der Waals surface area contributed by atoms with Gasteiger partial charge in [-0.3, -0.25) is 4.79 Å². The Kier molecular flexibility index (Phi) is 4.94. The molecule has 0 aliphatic heterocycles. The molecule has 0 radical (unpaired) electrons. The zero-order chi connectivity index (χ0) is 15.9. The molecule has 0 aliphatic carbocycles. The van der Waals surface area contributed by atoms with Crippen molar-refractivity contribution in [1.82, 2.24) is 10.5 Å². The Balaban J connectivity index is 2.01. The Morgan fingerprint density at radius 3 is 2.73 bits per heavy atom. The molecular formula is C16H16N4O2. The molecule has 0 bridgehead atoms. The summed E-state index contributed by atoms with van der Waals surface area (Å²) in [6.07, 6.45) is 1.31. The number of carbonyl (C=O) groups is 1. The van der Waals surface area contributed by atoms with Gasteiger partial charge in [-0.05, 0) is 19.4 Å². The fourth-order valence-electron chi connectivity index (χ4n) is 1.83. The SMILES string of the molecule is Cc1cc(N/C=C(/C#N)C(=O)NC(C)c2ccccc2)no1.